The highest BCUT2D eigenvalue weighted by molar-refractivity contribution is 5.82. The molecule has 0 unspecified atom stereocenters. The molecule has 1 N–H and O–H groups in total. The first-order valence-electron chi connectivity index (χ1n) is 9.37. The molecule has 3 rings (SSSR count). The Hall–Kier alpha value is -1.91. The standard InChI is InChI=1S/C20H27FN2O2/c1-3-13(2)20(25)23-10-4-5-15(12-23)19(24)22-18-9-6-14-11-16(21)7-8-17(14)18/h7-8,11,13,15,18H,3-6,9-10,12H2,1-2H3,(H,22,24)/t13-,15-,18-/m0/s1. The Morgan fingerprint density at radius 1 is 1.36 bits per heavy atom. The molecule has 1 saturated heterocycles. The number of hydrogen-bond donors (Lipinski definition) is 1. The summed E-state index contributed by atoms with van der Waals surface area (Å²) >= 11 is 0. The Morgan fingerprint density at radius 2 is 2.16 bits per heavy atom. The Morgan fingerprint density at radius 3 is 2.92 bits per heavy atom. The van der Waals surface area contributed by atoms with E-state index < -0.39 is 0 Å². The zero-order valence-corrected chi connectivity index (χ0v) is 15.1. The summed E-state index contributed by atoms with van der Waals surface area (Å²) in [7, 11) is 0. The van der Waals surface area contributed by atoms with Crippen molar-refractivity contribution in [1.82, 2.24) is 10.2 Å². The Kier molecular flexibility index (Phi) is 5.40. The molecule has 0 bridgehead atoms. The fraction of sp³-hybridized carbons (Fsp3) is 0.600. The van der Waals surface area contributed by atoms with Gasteiger partial charge >= 0.3 is 0 Å². The first kappa shape index (κ1) is 17.9. The van der Waals surface area contributed by atoms with Gasteiger partial charge in [-0.1, -0.05) is 19.9 Å². The predicted molar refractivity (Wildman–Crippen MR) is 94.4 cm³/mol. The van der Waals surface area contributed by atoms with Crippen molar-refractivity contribution in [2.45, 2.75) is 52.0 Å². The maximum absolute atomic E-state index is 13.3. The Balaban J connectivity index is 1.61. The molecule has 1 aromatic carbocycles. The van der Waals surface area contributed by atoms with Crippen molar-refractivity contribution in [1.29, 1.82) is 0 Å². The second-order valence-corrected chi connectivity index (χ2v) is 7.38. The average Bonchev–Trinajstić information content (AvgIpc) is 3.02. The first-order valence-corrected chi connectivity index (χ1v) is 9.37. The van der Waals surface area contributed by atoms with E-state index >= 15 is 0 Å². The van der Waals surface area contributed by atoms with Crippen molar-refractivity contribution >= 4 is 11.8 Å². The van der Waals surface area contributed by atoms with E-state index in [1.165, 1.54) is 6.07 Å². The van der Waals surface area contributed by atoms with E-state index in [0.29, 0.717) is 6.54 Å². The van der Waals surface area contributed by atoms with Gasteiger partial charge in [0.25, 0.3) is 0 Å². The summed E-state index contributed by atoms with van der Waals surface area (Å²) in [6.07, 6.45) is 4.11. The van der Waals surface area contributed by atoms with Gasteiger partial charge in [-0.3, -0.25) is 9.59 Å². The molecule has 0 radical (unpaired) electrons. The van der Waals surface area contributed by atoms with Crippen LogP contribution in [0.5, 0.6) is 0 Å². The summed E-state index contributed by atoms with van der Waals surface area (Å²) in [5.74, 6) is -0.188. The highest BCUT2D eigenvalue weighted by atomic mass is 19.1. The van der Waals surface area contributed by atoms with Crippen LogP contribution in [0.25, 0.3) is 0 Å². The molecule has 1 aliphatic heterocycles. The molecular weight excluding hydrogens is 319 g/mol. The fourth-order valence-electron chi connectivity index (χ4n) is 3.90. The van der Waals surface area contributed by atoms with Crippen LogP contribution in [0.2, 0.25) is 0 Å². The van der Waals surface area contributed by atoms with Crippen LogP contribution in [-0.4, -0.2) is 29.8 Å². The van der Waals surface area contributed by atoms with Gasteiger partial charge in [0.2, 0.25) is 11.8 Å². The maximum Gasteiger partial charge on any atom is 0.225 e. The highest BCUT2D eigenvalue weighted by Crippen LogP contribution is 2.32. The topological polar surface area (TPSA) is 49.4 Å². The summed E-state index contributed by atoms with van der Waals surface area (Å²) < 4.78 is 13.3. The van der Waals surface area contributed by atoms with Gasteiger partial charge < -0.3 is 10.2 Å². The third kappa shape index (κ3) is 3.86. The minimum atomic E-state index is -0.225. The largest absolute Gasteiger partial charge is 0.349 e. The number of amides is 2. The van der Waals surface area contributed by atoms with E-state index in [9.17, 15) is 14.0 Å². The minimum absolute atomic E-state index is 0.0124. The number of nitrogens with zero attached hydrogens (tertiary/aromatic N) is 1. The lowest BCUT2D eigenvalue weighted by atomic mass is 9.95. The summed E-state index contributed by atoms with van der Waals surface area (Å²) in [5.41, 5.74) is 2.01. The van der Waals surface area contributed by atoms with Gasteiger partial charge in [0.05, 0.1) is 12.0 Å². The van der Waals surface area contributed by atoms with Crippen molar-refractivity contribution in [3.05, 3.63) is 35.1 Å². The van der Waals surface area contributed by atoms with Gasteiger partial charge in [-0.05, 0) is 55.4 Å². The molecule has 25 heavy (non-hydrogen) atoms. The van der Waals surface area contributed by atoms with Crippen LogP contribution in [0.3, 0.4) is 0 Å². The number of likely N-dealkylation sites (tertiary alicyclic amines) is 1. The smallest absolute Gasteiger partial charge is 0.225 e. The van der Waals surface area contributed by atoms with Gasteiger partial charge in [0.1, 0.15) is 5.82 Å². The Labute approximate surface area is 148 Å². The number of piperidine rings is 1. The average molecular weight is 346 g/mol. The molecular formula is C20H27FN2O2. The number of carbonyl (C=O) groups excluding carboxylic acids is 2. The Bertz CT molecular complexity index is 661. The number of carbonyl (C=O) groups is 2. The second kappa shape index (κ2) is 7.54. The minimum Gasteiger partial charge on any atom is -0.349 e. The third-order valence-electron chi connectivity index (χ3n) is 5.64. The van der Waals surface area contributed by atoms with Gasteiger partial charge in [-0.25, -0.2) is 4.39 Å². The zero-order chi connectivity index (χ0) is 18.0. The molecule has 0 aromatic heterocycles. The molecule has 4 nitrogen and oxygen atoms in total. The number of rotatable bonds is 4. The lowest BCUT2D eigenvalue weighted by Crippen LogP contribution is -2.47. The fourth-order valence-corrected chi connectivity index (χ4v) is 3.90. The first-order chi connectivity index (χ1) is 12.0. The van der Waals surface area contributed by atoms with Crippen molar-refractivity contribution in [3.63, 3.8) is 0 Å². The molecule has 136 valence electrons. The van der Waals surface area contributed by atoms with E-state index in [1.807, 2.05) is 18.7 Å². The summed E-state index contributed by atoms with van der Waals surface area (Å²) in [4.78, 5) is 27.0. The number of halogens is 1. The van der Waals surface area contributed by atoms with Crippen LogP contribution < -0.4 is 5.32 Å². The molecule has 0 spiro atoms. The molecule has 1 fully saturated rings. The van der Waals surface area contributed by atoms with Crippen LogP contribution in [0.4, 0.5) is 4.39 Å². The van der Waals surface area contributed by atoms with E-state index in [-0.39, 0.29) is 35.5 Å². The summed E-state index contributed by atoms with van der Waals surface area (Å²) in [6.45, 7) is 5.22. The van der Waals surface area contributed by atoms with Crippen LogP contribution in [0.15, 0.2) is 18.2 Å². The second-order valence-electron chi connectivity index (χ2n) is 7.38. The van der Waals surface area contributed by atoms with E-state index in [4.69, 9.17) is 0 Å². The predicted octanol–water partition coefficient (Wildman–Crippen LogP) is 3.21. The lowest BCUT2D eigenvalue weighted by Gasteiger charge is -2.34. The molecule has 1 heterocycles. The normalized spacial score (nSPS) is 23.9. The molecule has 1 aliphatic carbocycles. The number of nitrogens with one attached hydrogen (secondary N) is 1. The lowest BCUT2D eigenvalue weighted by molar-refractivity contribution is -0.139. The van der Waals surface area contributed by atoms with Gasteiger partial charge in [0, 0.05) is 19.0 Å². The molecule has 2 aliphatic rings. The van der Waals surface area contributed by atoms with E-state index in [1.54, 1.807) is 12.1 Å². The molecule has 1 aromatic rings. The van der Waals surface area contributed by atoms with Crippen molar-refractivity contribution in [2.75, 3.05) is 13.1 Å². The molecule has 3 atom stereocenters. The summed E-state index contributed by atoms with van der Waals surface area (Å²) in [5, 5.41) is 3.13. The number of benzene rings is 1. The van der Waals surface area contributed by atoms with E-state index in [0.717, 1.165) is 49.8 Å². The van der Waals surface area contributed by atoms with E-state index in [2.05, 4.69) is 5.32 Å². The highest BCUT2D eigenvalue weighted by Gasteiger charge is 2.32. The third-order valence-corrected chi connectivity index (χ3v) is 5.64. The molecule has 2 amide bonds. The number of fused-ring (bicyclic) bond motifs is 1. The number of aryl methyl sites for hydroxylation is 1. The summed E-state index contributed by atoms with van der Waals surface area (Å²) in [6, 6.07) is 4.76. The SMILES string of the molecule is CC[C@H](C)C(=O)N1CCC[C@H](C(=O)N[C@H]2CCc3cc(F)ccc32)C1. The quantitative estimate of drug-likeness (QED) is 0.910. The van der Waals surface area contributed by atoms with Crippen LogP contribution in [0.1, 0.15) is 56.7 Å². The van der Waals surface area contributed by atoms with Gasteiger partial charge in [-0.15, -0.1) is 0 Å². The molecule has 0 saturated carbocycles. The monoisotopic (exact) mass is 346 g/mol. The maximum atomic E-state index is 13.3. The van der Waals surface area contributed by atoms with Crippen LogP contribution >= 0.6 is 0 Å². The molecule has 5 heteroatoms. The van der Waals surface area contributed by atoms with Crippen LogP contribution in [0, 0.1) is 17.7 Å². The van der Waals surface area contributed by atoms with Crippen molar-refractivity contribution in [2.24, 2.45) is 11.8 Å². The zero-order valence-electron chi connectivity index (χ0n) is 15.1. The van der Waals surface area contributed by atoms with Gasteiger partial charge in [0.15, 0.2) is 0 Å². The van der Waals surface area contributed by atoms with Crippen molar-refractivity contribution < 1.29 is 14.0 Å². The number of hydrogen-bond acceptors (Lipinski definition) is 2. The van der Waals surface area contributed by atoms with Crippen LogP contribution in [-0.2, 0) is 16.0 Å². The van der Waals surface area contributed by atoms with Gasteiger partial charge in [-0.2, -0.15) is 0 Å². The van der Waals surface area contributed by atoms with Crippen molar-refractivity contribution in [3.8, 4) is 0 Å².